The van der Waals surface area contributed by atoms with Gasteiger partial charge in [0.1, 0.15) is 0 Å². The molecule has 0 saturated carbocycles. The summed E-state index contributed by atoms with van der Waals surface area (Å²) in [6.07, 6.45) is 2.03. The van der Waals surface area contributed by atoms with E-state index in [4.69, 9.17) is 18.6 Å². The highest BCUT2D eigenvalue weighted by Gasteiger charge is 2.36. The van der Waals surface area contributed by atoms with Gasteiger partial charge in [-0.05, 0) is 41.3 Å². The quantitative estimate of drug-likeness (QED) is 0.602. The summed E-state index contributed by atoms with van der Waals surface area (Å²) in [6.45, 7) is 0. The standard InChI is InChI=1S/C21H20N2O5S/c1-25-17-10-13(11-18(26-2)20(17)27-3)15-12-14(19-7-5-9-29-19)22-23(15)21(24)16-6-4-8-28-16/h4-11,15H,12H2,1-3H3/t15-/m1/s1. The molecule has 0 bridgehead atoms. The van der Waals surface area contributed by atoms with Crippen molar-refractivity contribution < 1.29 is 23.4 Å². The van der Waals surface area contributed by atoms with Gasteiger partial charge in [-0.25, -0.2) is 5.01 Å². The SMILES string of the molecule is COc1cc([C@H]2CC(c3cccs3)=NN2C(=O)c2ccco2)cc(OC)c1OC. The fraction of sp³-hybridized carbons (Fsp3) is 0.238. The lowest BCUT2D eigenvalue weighted by molar-refractivity contribution is 0.0678. The lowest BCUT2D eigenvalue weighted by atomic mass is 10.00. The molecule has 0 N–H and O–H groups in total. The van der Waals surface area contributed by atoms with Crippen LogP contribution in [0.2, 0.25) is 0 Å². The van der Waals surface area contributed by atoms with Crippen molar-refractivity contribution in [2.24, 2.45) is 5.10 Å². The summed E-state index contributed by atoms with van der Waals surface area (Å²) in [5, 5.41) is 8.09. The van der Waals surface area contributed by atoms with Gasteiger partial charge in [0.15, 0.2) is 17.3 Å². The first kappa shape index (κ1) is 19.1. The van der Waals surface area contributed by atoms with Gasteiger partial charge in [0.2, 0.25) is 5.75 Å². The molecule has 0 saturated heterocycles. The molecule has 150 valence electrons. The van der Waals surface area contributed by atoms with Gasteiger partial charge in [0.25, 0.3) is 0 Å². The van der Waals surface area contributed by atoms with Gasteiger partial charge in [-0.1, -0.05) is 6.07 Å². The molecule has 1 amide bonds. The molecule has 0 radical (unpaired) electrons. The molecular formula is C21H20N2O5S. The van der Waals surface area contributed by atoms with E-state index in [0.29, 0.717) is 23.7 Å². The summed E-state index contributed by atoms with van der Waals surface area (Å²) in [5.41, 5.74) is 1.67. The normalized spacial score (nSPS) is 15.9. The van der Waals surface area contributed by atoms with E-state index in [1.807, 2.05) is 29.6 Å². The number of ether oxygens (including phenoxy) is 3. The lowest BCUT2D eigenvalue weighted by Crippen LogP contribution is -2.26. The third-order valence-corrected chi connectivity index (χ3v) is 5.65. The monoisotopic (exact) mass is 412 g/mol. The van der Waals surface area contributed by atoms with Gasteiger partial charge in [-0.2, -0.15) is 5.10 Å². The van der Waals surface area contributed by atoms with Crippen molar-refractivity contribution in [1.82, 2.24) is 5.01 Å². The molecule has 29 heavy (non-hydrogen) atoms. The number of amides is 1. The number of methoxy groups -OCH3 is 3. The fourth-order valence-electron chi connectivity index (χ4n) is 3.36. The van der Waals surface area contributed by atoms with E-state index in [-0.39, 0.29) is 17.7 Å². The lowest BCUT2D eigenvalue weighted by Gasteiger charge is -2.23. The first-order valence-corrected chi connectivity index (χ1v) is 9.82. The van der Waals surface area contributed by atoms with Crippen molar-refractivity contribution in [3.63, 3.8) is 0 Å². The van der Waals surface area contributed by atoms with Crippen molar-refractivity contribution in [3.05, 3.63) is 64.2 Å². The molecule has 7 nitrogen and oxygen atoms in total. The second-order valence-electron chi connectivity index (χ2n) is 6.33. The second kappa shape index (κ2) is 8.00. The molecule has 0 unspecified atom stereocenters. The molecule has 3 aromatic rings. The van der Waals surface area contributed by atoms with E-state index in [1.54, 1.807) is 44.8 Å². The van der Waals surface area contributed by atoms with Crippen LogP contribution < -0.4 is 14.2 Å². The highest BCUT2D eigenvalue weighted by atomic mass is 32.1. The number of thiophene rings is 1. The molecule has 3 heterocycles. The van der Waals surface area contributed by atoms with E-state index in [2.05, 4.69) is 5.10 Å². The number of rotatable bonds is 6. The smallest absolute Gasteiger partial charge is 0.310 e. The van der Waals surface area contributed by atoms with Crippen LogP contribution in [0.25, 0.3) is 0 Å². The maximum atomic E-state index is 13.1. The first-order chi connectivity index (χ1) is 14.2. The summed E-state index contributed by atoms with van der Waals surface area (Å²) in [5.74, 6) is 1.48. The molecule has 4 rings (SSSR count). The van der Waals surface area contributed by atoms with Crippen LogP contribution in [0.3, 0.4) is 0 Å². The average molecular weight is 412 g/mol. The summed E-state index contributed by atoms with van der Waals surface area (Å²) in [4.78, 5) is 14.1. The van der Waals surface area contributed by atoms with Crippen LogP contribution in [0.4, 0.5) is 0 Å². The largest absolute Gasteiger partial charge is 0.493 e. The number of carbonyl (C=O) groups excluding carboxylic acids is 1. The Morgan fingerprint density at radius 1 is 1.14 bits per heavy atom. The molecule has 1 aliphatic heterocycles. The maximum Gasteiger partial charge on any atom is 0.310 e. The van der Waals surface area contributed by atoms with Crippen LogP contribution in [0, 0.1) is 0 Å². The Kier molecular flexibility index (Phi) is 5.26. The third kappa shape index (κ3) is 3.47. The van der Waals surface area contributed by atoms with Gasteiger partial charge >= 0.3 is 5.91 Å². The minimum absolute atomic E-state index is 0.235. The van der Waals surface area contributed by atoms with Crippen molar-refractivity contribution in [1.29, 1.82) is 0 Å². The number of nitrogens with zero attached hydrogens (tertiary/aromatic N) is 2. The number of benzene rings is 1. The average Bonchev–Trinajstić information content (AvgIpc) is 3.52. The molecule has 8 heteroatoms. The summed E-state index contributed by atoms with van der Waals surface area (Å²) in [6, 6.07) is 10.6. The van der Waals surface area contributed by atoms with Crippen LogP contribution >= 0.6 is 11.3 Å². The van der Waals surface area contributed by atoms with Crippen LogP contribution in [-0.4, -0.2) is 38.0 Å². The Morgan fingerprint density at radius 3 is 2.45 bits per heavy atom. The molecule has 0 spiro atoms. The summed E-state index contributed by atoms with van der Waals surface area (Å²) in [7, 11) is 4.69. The zero-order chi connectivity index (χ0) is 20.4. The third-order valence-electron chi connectivity index (χ3n) is 4.73. The number of furan rings is 1. The van der Waals surface area contributed by atoms with Crippen molar-refractivity contribution >= 4 is 23.0 Å². The Morgan fingerprint density at radius 2 is 1.90 bits per heavy atom. The highest BCUT2D eigenvalue weighted by Crippen LogP contribution is 2.43. The topological polar surface area (TPSA) is 73.5 Å². The summed E-state index contributed by atoms with van der Waals surface area (Å²) < 4.78 is 21.7. The van der Waals surface area contributed by atoms with Crippen LogP contribution in [0.15, 0.2) is 57.6 Å². The van der Waals surface area contributed by atoms with E-state index in [0.717, 1.165) is 16.2 Å². The number of hydrogen-bond donors (Lipinski definition) is 0. The Labute approximate surface area is 172 Å². The minimum Gasteiger partial charge on any atom is -0.493 e. The second-order valence-corrected chi connectivity index (χ2v) is 7.28. The van der Waals surface area contributed by atoms with E-state index < -0.39 is 0 Å². The van der Waals surface area contributed by atoms with E-state index in [9.17, 15) is 4.79 Å². The predicted molar refractivity (Wildman–Crippen MR) is 109 cm³/mol. The maximum absolute atomic E-state index is 13.1. The van der Waals surface area contributed by atoms with Crippen LogP contribution in [0.5, 0.6) is 17.2 Å². The van der Waals surface area contributed by atoms with Gasteiger partial charge in [-0.15, -0.1) is 11.3 Å². The molecular weight excluding hydrogens is 392 g/mol. The zero-order valence-corrected chi connectivity index (χ0v) is 17.1. The number of hydrogen-bond acceptors (Lipinski definition) is 7. The minimum atomic E-state index is -0.335. The van der Waals surface area contributed by atoms with Gasteiger partial charge < -0.3 is 18.6 Å². The van der Waals surface area contributed by atoms with Crippen molar-refractivity contribution in [2.45, 2.75) is 12.5 Å². The number of carbonyl (C=O) groups is 1. The number of hydrazone groups is 1. The van der Waals surface area contributed by atoms with Crippen LogP contribution in [0.1, 0.15) is 33.5 Å². The van der Waals surface area contributed by atoms with Gasteiger partial charge in [0, 0.05) is 6.42 Å². The van der Waals surface area contributed by atoms with Gasteiger partial charge in [0.05, 0.1) is 44.2 Å². The molecule has 2 aromatic heterocycles. The Bertz CT molecular complexity index is 1000. The summed E-state index contributed by atoms with van der Waals surface area (Å²) >= 11 is 1.59. The van der Waals surface area contributed by atoms with E-state index >= 15 is 0 Å². The Balaban J connectivity index is 1.78. The van der Waals surface area contributed by atoms with E-state index in [1.165, 1.54) is 11.3 Å². The van der Waals surface area contributed by atoms with Crippen molar-refractivity contribution in [2.75, 3.05) is 21.3 Å². The molecule has 0 aliphatic carbocycles. The first-order valence-electron chi connectivity index (χ1n) is 8.94. The predicted octanol–water partition coefficient (Wildman–Crippen LogP) is 4.36. The Hall–Kier alpha value is -3.26. The zero-order valence-electron chi connectivity index (χ0n) is 16.2. The highest BCUT2D eigenvalue weighted by molar-refractivity contribution is 7.12. The molecule has 1 atom stereocenters. The van der Waals surface area contributed by atoms with Gasteiger partial charge in [-0.3, -0.25) is 4.79 Å². The molecule has 0 fully saturated rings. The van der Waals surface area contributed by atoms with Crippen molar-refractivity contribution in [3.8, 4) is 17.2 Å². The molecule has 1 aromatic carbocycles. The fourth-order valence-corrected chi connectivity index (χ4v) is 4.08. The van der Waals surface area contributed by atoms with Crippen LogP contribution in [-0.2, 0) is 0 Å². The molecule has 1 aliphatic rings.